The molecule has 1 aromatic rings. The maximum Gasteiger partial charge on any atom is 0.319 e. The number of nitrogens with two attached hydrogens (primary N) is 2. The van der Waals surface area contributed by atoms with Gasteiger partial charge in [0.1, 0.15) is 0 Å². The van der Waals surface area contributed by atoms with Gasteiger partial charge in [-0.25, -0.2) is 4.79 Å². The van der Waals surface area contributed by atoms with Gasteiger partial charge in [-0.05, 0) is 25.7 Å². The van der Waals surface area contributed by atoms with Crippen LogP contribution in [0.5, 0.6) is 0 Å². The number of allylic oxidation sites excluding steroid dienone is 1. The molecule has 0 bridgehead atoms. The van der Waals surface area contributed by atoms with Gasteiger partial charge in [0, 0.05) is 12.0 Å². The SMILES string of the molecule is NC(=O)NC(=O)[C@@H]([NH2+]CCC1=CCCCC1)c1ccccc1. The highest BCUT2D eigenvalue weighted by Crippen LogP contribution is 2.19. The van der Waals surface area contributed by atoms with Crippen molar-refractivity contribution in [2.45, 2.75) is 38.1 Å². The Morgan fingerprint density at radius 2 is 2.00 bits per heavy atom. The zero-order valence-electron chi connectivity index (χ0n) is 12.8. The van der Waals surface area contributed by atoms with Gasteiger partial charge in [0.05, 0.1) is 6.54 Å². The highest BCUT2D eigenvalue weighted by atomic mass is 16.2. The van der Waals surface area contributed by atoms with Gasteiger partial charge in [-0.1, -0.05) is 42.0 Å². The average Bonchev–Trinajstić information content (AvgIpc) is 2.52. The van der Waals surface area contributed by atoms with Gasteiger partial charge in [-0.15, -0.1) is 0 Å². The van der Waals surface area contributed by atoms with Crippen LogP contribution in [0.1, 0.15) is 43.7 Å². The largest absolute Gasteiger partial charge is 0.351 e. The van der Waals surface area contributed by atoms with Gasteiger partial charge in [0.25, 0.3) is 5.91 Å². The van der Waals surface area contributed by atoms with Crippen molar-refractivity contribution in [3.63, 3.8) is 0 Å². The van der Waals surface area contributed by atoms with E-state index in [0.29, 0.717) is 0 Å². The lowest BCUT2D eigenvalue weighted by molar-refractivity contribution is -0.682. The Morgan fingerprint density at radius 3 is 2.64 bits per heavy atom. The fourth-order valence-electron chi connectivity index (χ4n) is 2.82. The number of carbonyl (C=O) groups excluding carboxylic acids is 2. The van der Waals surface area contributed by atoms with Crippen LogP contribution in [0.3, 0.4) is 0 Å². The summed E-state index contributed by atoms with van der Waals surface area (Å²) in [5.74, 6) is -0.365. The number of carbonyl (C=O) groups is 2. The summed E-state index contributed by atoms with van der Waals surface area (Å²) in [5, 5.41) is 4.16. The number of benzene rings is 1. The van der Waals surface area contributed by atoms with Crippen molar-refractivity contribution in [3.8, 4) is 0 Å². The van der Waals surface area contributed by atoms with Gasteiger partial charge in [0.15, 0.2) is 6.04 Å². The second kappa shape index (κ2) is 8.34. The van der Waals surface area contributed by atoms with Crippen molar-refractivity contribution >= 4 is 11.9 Å². The van der Waals surface area contributed by atoms with Crippen molar-refractivity contribution in [1.82, 2.24) is 5.32 Å². The normalized spacial score (nSPS) is 15.7. The number of imide groups is 1. The number of quaternary nitrogens is 1. The Bertz CT molecular complexity index is 540. The molecule has 0 aromatic heterocycles. The maximum atomic E-state index is 12.2. The molecule has 22 heavy (non-hydrogen) atoms. The number of amides is 3. The molecule has 1 aromatic carbocycles. The van der Waals surface area contributed by atoms with Crippen LogP contribution in [0, 0.1) is 0 Å². The summed E-state index contributed by atoms with van der Waals surface area (Å²) in [5.41, 5.74) is 7.41. The Morgan fingerprint density at radius 1 is 1.23 bits per heavy atom. The molecule has 1 atom stereocenters. The molecule has 0 fully saturated rings. The highest BCUT2D eigenvalue weighted by Gasteiger charge is 2.24. The number of hydrogen-bond donors (Lipinski definition) is 3. The van der Waals surface area contributed by atoms with E-state index in [0.717, 1.165) is 24.9 Å². The van der Waals surface area contributed by atoms with E-state index in [-0.39, 0.29) is 5.91 Å². The van der Waals surface area contributed by atoms with E-state index in [1.807, 2.05) is 35.6 Å². The summed E-state index contributed by atoms with van der Waals surface area (Å²) >= 11 is 0. The second-order valence-corrected chi connectivity index (χ2v) is 5.62. The molecule has 0 saturated heterocycles. The molecule has 2 rings (SSSR count). The van der Waals surface area contributed by atoms with E-state index in [4.69, 9.17) is 5.73 Å². The van der Waals surface area contributed by atoms with Crippen LogP contribution >= 0.6 is 0 Å². The van der Waals surface area contributed by atoms with E-state index >= 15 is 0 Å². The Balaban J connectivity index is 1.96. The molecule has 5 heteroatoms. The van der Waals surface area contributed by atoms with Crippen molar-refractivity contribution in [2.75, 3.05) is 6.54 Å². The predicted octanol–water partition coefficient (Wildman–Crippen LogP) is 1.38. The minimum atomic E-state index is -0.811. The van der Waals surface area contributed by atoms with Gasteiger partial charge in [-0.2, -0.15) is 0 Å². The van der Waals surface area contributed by atoms with Crippen molar-refractivity contribution < 1.29 is 14.9 Å². The lowest BCUT2D eigenvalue weighted by Crippen LogP contribution is -2.87. The topological polar surface area (TPSA) is 88.8 Å². The molecule has 0 radical (unpaired) electrons. The van der Waals surface area contributed by atoms with Gasteiger partial charge >= 0.3 is 6.03 Å². The zero-order valence-corrected chi connectivity index (χ0v) is 12.8. The van der Waals surface area contributed by atoms with Crippen LogP contribution in [0.4, 0.5) is 4.79 Å². The summed E-state index contributed by atoms with van der Waals surface area (Å²) in [7, 11) is 0. The smallest absolute Gasteiger partial charge is 0.319 e. The predicted molar refractivity (Wildman–Crippen MR) is 84.9 cm³/mol. The minimum absolute atomic E-state index is 0.365. The Hall–Kier alpha value is -2.14. The summed E-state index contributed by atoms with van der Waals surface area (Å²) in [4.78, 5) is 23.1. The number of hydrogen-bond acceptors (Lipinski definition) is 2. The van der Waals surface area contributed by atoms with E-state index in [9.17, 15) is 9.59 Å². The molecular weight excluding hydrogens is 278 g/mol. The van der Waals surface area contributed by atoms with Crippen LogP contribution < -0.4 is 16.4 Å². The van der Waals surface area contributed by atoms with Crippen LogP contribution in [0.2, 0.25) is 0 Å². The monoisotopic (exact) mass is 302 g/mol. The number of nitrogens with one attached hydrogen (secondary N) is 1. The molecule has 0 aliphatic heterocycles. The van der Waals surface area contributed by atoms with Crippen molar-refractivity contribution in [1.29, 1.82) is 0 Å². The molecule has 0 heterocycles. The van der Waals surface area contributed by atoms with E-state index in [1.165, 1.54) is 24.8 Å². The third-order valence-corrected chi connectivity index (χ3v) is 3.94. The quantitative estimate of drug-likeness (QED) is 0.693. The lowest BCUT2D eigenvalue weighted by Gasteiger charge is -2.16. The van der Waals surface area contributed by atoms with Crippen molar-refractivity contribution in [3.05, 3.63) is 47.5 Å². The Kier molecular flexibility index (Phi) is 6.15. The lowest BCUT2D eigenvalue weighted by atomic mass is 9.97. The van der Waals surface area contributed by atoms with Crippen molar-refractivity contribution in [2.24, 2.45) is 5.73 Å². The standard InChI is InChI=1S/C17H23N3O2/c18-17(22)20-16(21)15(14-9-5-2-6-10-14)19-12-11-13-7-3-1-4-8-13/h2,5-7,9-10,15,19H,1,3-4,8,11-12H2,(H3,18,20,21,22)/p+1/t15-/m0/s1. The van der Waals surface area contributed by atoms with Crippen LogP contribution in [-0.2, 0) is 4.79 Å². The van der Waals surface area contributed by atoms with Gasteiger partial charge < -0.3 is 11.1 Å². The minimum Gasteiger partial charge on any atom is -0.351 e. The summed E-state index contributed by atoms with van der Waals surface area (Å²) in [6.45, 7) is 0.817. The molecule has 1 aliphatic rings. The van der Waals surface area contributed by atoms with E-state index in [2.05, 4.69) is 11.4 Å². The fraction of sp³-hybridized carbons (Fsp3) is 0.412. The molecule has 0 saturated carbocycles. The molecule has 5 nitrogen and oxygen atoms in total. The van der Waals surface area contributed by atoms with Crippen LogP contribution in [0.25, 0.3) is 0 Å². The maximum absolute atomic E-state index is 12.2. The third-order valence-electron chi connectivity index (χ3n) is 3.94. The molecule has 5 N–H and O–H groups in total. The summed E-state index contributed by atoms with van der Waals surface area (Å²) in [6, 6.07) is 8.20. The number of rotatable bonds is 6. The first-order valence-corrected chi connectivity index (χ1v) is 7.83. The third kappa shape index (κ3) is 5.00. The summed E-state index contributed by atoms with van der Waals surface area (Å²) < 4.78 is 0. The molecule has 3 amide bonds. The molecule has 1 aliphatic carbocycles. The Labute approximate surface area is 131 Å². The van der Waals surface area contributed by atoms with E-state index < -0.39 is 12.1 Å². The number of urea groups is 1. The first kappa shape index (κ1) is 16.2. The highest BCUT2D eigenvalue weighted by molar-refractivity contribution is 5.96. The molecule has 0 unspecified atom stereocenters. The first-order chi connectivity index (χ1) is 10.7. The molecule has 118 valence electrons. The fourth-order valence-corrected chi connectivity index (χ4v) is 2.82. The van der Waals surface area contributed by atoms with Crippen LogP contribution in [0.15, 0.2) is 42.0 Å². The average molecular weight is 302 g/mol. The molecular formula is C17H24N3O2+. The molecule has 0 spiro atoms. The van der Waals surface area contributed by atoms with Gasteiger partial charge in [-0.3, -0.25) is 10.1 Å². The number of primary amides is 1. The first-order valence-electron chi connectivity index (χ1n) is 7.83. The van der Waals surface area contributed by atoms with Gasteiger partial charge in [0.2, 0.25) is 0 Å². The van der Waals surface area contributed by atoms with E-state index in [1.54, 1.807) is 0 Å². The second-order valence-electron chi connectivity index (χ2n) is 5.62. The van der Waals surface area contributed by atoms with Crippen LogP contribution in [-0.4, -0.2) is 18.5 Å². The zero-order chi connectivity index (χ0) is 15.8. The summed E-state index contributed by atoms with van der Waals surface area (Å²) in [6.07, 6.45) is 8.17.